The predicted molar refractivity (Wildman–Crippen MR) is 137 cm³/mol. The molecular weight excluding hydrogens is 522 g/mol. The lowest BCUT2D eigenvalue weighted by atomic mass is 9.76. The van der Waals surface area contributed by atoms with Gasteiger partial charge in [-0.1, -0.05) is 31.5 Å². The summed E-state index contributed by atoms with van der Waals surface area (Å²) in [6, 6.07) is 12.8. The summed E-state index contributed by atoms with van der Waals surface area (Å²) in [6.45, 7) is 2.00. The van der Waals surface area contributed by atoms with Crippen LogP contribution in [-0.2, 0) is 12.5 Å². The molecule has 1 saturated carbocycles. The SMILES string of the molecule is CCCc1cc2ccc(C(F)(F)Oc3ccc(C4CCC(c5cc(F)c(F)c(F)c5)CC4)cc3)c(F)c2s1. The molecule has 1 aliphatic rings. The molecule has 0 N–H and O–H groups in total. The highest BCUT2D eigenvalue weighted by Crippen LogP contribution is 2.42. The molecule has 0 spiro atoms. The quantitative estimate of drug-likeness (QED) is 0.165. The van der Waals surface area contributed by atoms with Gasteiger partial charge < -0.3 is 4.74 Å². The Morgan fingerprint density at radius 2 is 1.39 bits per heavy atom. The first-order valence-electron chi connectivity index (χ1n) is 12.7. The van der Waals surface area contributed by atoms with Gasteiger partial charge in [-0.15, -0.1) is 11.3 Å². The first-order chi connectivity index (χ1) is 18.2. The summed E-state index contributed by atoms with van der Waals surface area (Å²) in [6.07, 6.45) is 0.574. The molecule has 0 bridgehead atoms. The van der Waals surface area contributed by atoms with Crippen molar-refractivity contribution in [1.29, 1.82) is 0 Å². The summed E-state index contributed by atoms with van der Waals surface area (Å²) in [5.74, 6) is -4.82. The fraction of sp³-hybridized carbons (Fsp3) is 0.333. The number of rotatable bonds is 7. The van der Waals surface area contributed by atoms with Crippen molar-refractivity contribution in [3.8, 4) is 5.75 Å². The monoisotopic (exact) mass is 548 g/mol. The van der Waals surface area contributed by atoms with Gasteiger partial charge in [0.15, 0.2) is 23.3 Å². The van der Waals surface area contributed by atoms with E-state index in [1.807, 2.05) is 13.0 Å². The molecule has 3 aromatic carbocycles. The number of hydrogen-bond donors (Lipinski definition) is 0. The number of ether oxygens (including phenoxy) is 1. The minimum absolute atomic E-state index is 0.0780. The number of fused-ring (bicyclic) bond motifs is 1. The third kappa shape index (κ3) is 5.28. The largest absolute Gasteiger partial charge is 0.429 e. The van der Waals surface area contributed by atoms with Crippen molar-refractivity contribution in [2.24, 2.45) is 0 Å². The van der Waals surface area contributed by atoms with Gasteiger partial charge in [-0.3, -0.25) is 0 Å². The summed E-state index contributed by atoms with van der Waals surface area (Å²) in [7, 11) is 0. The Morgan fingerprint density at radius 3 is 2.00 bits per heavy atom. The molecule has 1 aromatic heterocycles. The number of aryl methyl sites for hydroxylation is 1. The van der Waals surface area contributed by atoms with Crippen molar-refractivity contribution in [3.05, 3.63) is 99.4 Å². The average molecular weight is 549 g/mol. The van der Waals surface area contributed by atoms with Crippen LogP contribution in [0.25, 0.3) is 10.1 Å². The first-order valence-corrected chi connectivity index (χ1v) is 13.5. The van der Waals surface area contributed by atoms with Crippen LogP contribution in [0.4, 0.5) is 26.3 Å². The zero-order valence-electron chi connectivity index (χ0n) is 20.7. The Balaban J connectivity index is 1.25. The molecule has 1 nitrogen and oxygen atoms in total. The van der Waals surface area contributed by atoms with Gasteiger partial charge in [0.05, 0.1) is 4.70 Å². The maximum absolute atomic E-state index is 15.0. The first kappa shape index (κ1) is 26.6. The molecule has 0 unspecified atom stereocenters. The zero-order chi connectivity index (χ0) is 27.0. The molecule has 0 radical (unpaired) electrons. The molecule has 38 heavy (non-hydrogen) atoms. The number of thiophene rings is 1. The van der Waals surface area contributed by atoms with Gasteiger partial charge in [-0.2, -0.15) is 8.78 Å². The van der Waals surface area contributed by atoms with E-state index in [0.29, 0.717) is 23.8 Å². The number of halogens is 6. The van der Waals surface area contributed by atoms with Crippen LogP contribution in [0.5, 0.6) is 5.75 Å². The molecule has 0 atom stereocenters. The van der Waals surface area contributed by atoms with Crippen molar-refractivity contribution in [2.75, 3.05) is 0 Å². The minimum atomic E-state index is -3.85. The van der Waals surface area contributed by atoms with E-state index in [1.165, 1.54) is 29.5 Å². The number of hydrogen-bond acceptors (Lipinski definition) is 2. The predicted octanol–water partition coefficient (Wildman–Crippen LogP) is 9.98. The fourth-order valence-corrected chi connectivity index (χ4v) is 6.50. The summed E-state index contributed by atoms with van der Waals surface area (Å²) in [4.78, 5) is 0.949. The van der Waals surface area contributed by atoms with Crippen molar-refractivity contribution in [1.82, 2.24) is 0 Å². The van der Waals surface area contributed by atoms with Crippen LogP contribution in [0.2, 0.25) is 0 Å². The smallest absolute Gasteiger partial charge is 0.429 e. The maximum atomic E-state index is 15.0. The summed E-state index contributed by atoms with van der Waals surface area (Å²) < 4.78 is 90.7. The Bertz CT molecular complexity index is 1410. The summed E-state index contributed by atoms with van der Waals surface area (Å²) in [5.41, 5.74) is 0.580. The van der Waals surface area contributed by atoms with Gasteiger partial charge in [0, 0.05) is 4.88 Å². The van der Waals surface area contributed by atoms with E-state index in [-0.39, 0.29) is 22.3 Å². The van der Waals surface area contributed by atoms with Crippen LogP contribution in [0.3, 0.4) is 0 Å². The molecule has 4 aromatic rings. The third-order valence-corrected chi connectivity index (χ3v) is 8.49. The second-order valence-corrected chi connectivity index (χ2v) is 11.0. The van der Waals surface area contributed by atoms with E-state index in [0.717, 1.165) is 54.3 Å². The topological polar surface area (TPSA) is 9.23 Å². The summed E-state index contributed by atoms with van der Waals surface area (Å²) >= 11 is 1.19. The zero-order valence-corrected chi connectivity index (χ0v) is 21.5. The van der Waals surface area contributed by atoms with Crippen molar-refractivity contribution < 1.29 is 31.1 Å². The van der Waals surface area contributed by atoms with E-state index >= 15 is 4.39 Å². The fourth-order valence-electron chi connectivity index (χ4n) is 5.30. The van der Waals surface area contributed by atoms with Crippen LogP contribution >= 0.6 is 11.3 Å². The van der Waals surface area contributed by atoms with Crippen LogP contribution < -0.4 is 4.74 Å². The lowest BCUT2D eigenvalue weighted by Gasteiger charge is -2.29. The van der Waals surface area contributed by atoms with E-state index in [9.17, 15) is 22.0 Å². The van der Waals surface area contributed by atoms with Gasteiger partial charge in [0.2, 0.25) is 0 Å². The van der Waals surface area contributed by atoms with Crippen molar-refractivity contribution >= 4 is 21.4 Å². The molecular formula is C30H26F6OS. The highest BCUT2D eigenvalue weighted by molar-refractivity contribution is 7.19. The van der Waals surface area contributed by atoms with Gasteiger partial charge >= 0.3 is 6.11 Å². The number of benzene rings is 3. The second-order valence-electron chi connectivity index (χ2n) is 9.84. The molecule has 200 valence electrons. The maximum Gasteiger partial charge on any atom is 0.429 e. The highest BCUT2D eigenvalue weighted by atomic mass is 32.1. The number of alkyl halides is 2. The van der Waals surface area contributed by atoms with E-state index in [1.54, 1.807) is 12.1 Å². The minimum Gasteiger partial charge on any atom is -0.429 e. The molecule has 5 rings (SSSR count). The van der Waals surface area contributed by atoms with Gasteiger partial charge in [-0.05, 0) is 96.9 Å². The van der Waals surface area contributed by atoms with E-state index in [4.69, 9.17) is 4.74 Å². The van der Waals surface area contributed by atoms with Crippen molar-refractivity contribution in [2.45, 2.75) is 63.4 Å². The molecule has 1 heterocycles. The standard InChI is InChI=1S/C30H26F6OS/c1-2-3-23-14-20-10-13-24(27(33)29(20)38-23)30(35,36)37-22-11-8-18(9-12-22)17-4-6-19(7-5-17)21-15-25(31)28(34)26(32)16-21/h8-17,19H,2-7H2,1H3. The molecule has 0 saturated heterocycles. The van der Waals surface area contributed by atoms with Gasteiger partial charge in [0.25, 0.3) is 0 Å². The highest BCUT2D eigenvalue weighted by Gasteiger charge is 2.38. The lowest BCUT2D eigenvalue weighted by Crippen LogP contribution is -2.23. The van der Waals surface area contributed by atoms with Gasteiger partial charge in [-0.25, -0.2) is 17.6 Å². The molecule has 0 aliphatic heterocycles. The van der Waals surface area contributed by atoms with E-state index in [2.05, 4.69) is 0 Å². The van der Waals surface area contributed by atoms with Gasteiger partial charge in [0.1, 0.15) is 11.3 Å². The Morgan fingerprint density at radius 1 is 0.789 bits per heavy atom. The summed E-state index contributed by atoms with van der Waals surface area (Å²) in [5, 5.41) is 0.601. The second kappa shape index (κ2) is 10.6. The molecule has 1 aliphatic carbocycles. The Hall–Kier alpha value is -3.00. The molecule has 1 fully saturated rings. The lowest BCUT2D eigenvalue weighted by molar-refractivity contribution is -0.187. The third-order valence-electron chi connectivity index (χ3n) is 7.29. The Labute approximate surface area is 221 Å². The van der Waals surface area contributed by atoms with Crippen LogP contribution in [-0.4, -0.2) is 0 Å². The van der Waals surface area contributed by atoms with Crippen LogP contribution in [0.1, 0.15) is 72.4 Å². The van der Waals surface area contributed by atoms with Crippen molar-refractivity contribution in [3.63, 3.8) is 0 Å². The van der Waals surface area contributed by atoms with Crippen LogP contribution in [0.15, 0.2) is 54.6 Å². The Kier molecular flexibility index (Phi) is 7.45. The average Bonchev–Trinajstić information content (AvgIpc) is 3.31. The van der Waals surface area contributed by atoms with E-state index < -0.39 is 34.9 Å². The molecule has 8 heteroatoms. The van der Waals surface area contributed by atoms with Crippen LogP contribution in [0, 0.1) is 23.3 Å². The molecule has 0 amide bonds. The normalized spacial score (nSPS) is 18.2.